The van der Waals surface area contributed by atoms with Gasteiger partial charge < -0.3 is 0 Å². The van der Waals surface area contributed by atoms with Crippen molar-refractivity contribution in [2.75, 3.05) is 0 Å². The Bertz CT molecular complexity index is 422. The number of hydrogen-bond acceptors (Lipinski definition) is 3. The number of halogens is 3. The van der Waals surface area contributed by atoms with E-state index in [0.29, 0.717) is 6.07 Å². The minimum absolute atomic E-state index is 0.430. The van der Waals surface area contributed by atoms with Crippen molar-refractivity contribution in [2.45, 2.75) is 0 Å². The summed E-state index contributed by atoms with van der Waals surface area (Å²) >= 11 is 10.7. The summed E-state index contributed by atoms with van der Waals surface area (Å²) in [6, 6.07) is 0.685. The van der Waals surface area contributed by atoms with Gasteiger partial charge in [0.1, 0.15) is 10.8 Å². The van der Waals surface area contributed by atoms with Crippen LogP contribution in [0.15, 0.2) is 6.07 Å². The van der Waals surface area contributed by atoms with Crippen molar-refractivity contribution in [1.29, 1.82) is 0 Å². The highest BCUT2D eigenvalue weighted by Crippen LogP contribution is 2.36. The molecule has 0 fully saturated rings. The normalized spacial score (nSPS) is 9.93. The van der Waals surface area contributed by atoms with E-state index in [1.807, 2.05) is 0 Å². The van der Waals surface area contributed by atoms with Gasteiger partial charge in [-0.3, -0.25) is 14.9 Å². The van der Waals surface area contributed by atoms with Gasteiger partial charge in [-0.2, -0.15) is 0 Å². The van der Waals surface area contributed by atoms with Crippen molar-refractivity contribution in [3.8, 4) is 0 Å². The minimum Gasteiger partial charge on any atom is -0.285 e. The molecule has 0 N–H and O–H groups in total. The van der Waals surface area contributed by atoms with Gasteiger partial charge in [0.05, 0.1) is 10.5 Å². The number of nitrogens with zero attached hydrogens (tertiary/aromatic N) is 1. The molecule has 0 atom stereocenters. The predicted octanol–water partition coefficient (Wildman–Crippen LogP) is 2.50. The third-order valence-corrected chi connectivity index (χ3v) is 2.17. The molecule has 1 radical (unpaired) electrons. The van der Waals surface area contributed by atoms with E-state index in [9.17, 15) is 19.3 Å². The van der Waals surface area contributed by atoms with Crippen LogP contribution in [-0.4, -0.2) is 11.2 Å². The largest absolute Gasteiger partial charge is 0.310 e. The second-order valence-electron chi connectivity index (χ2n) is 2.24. The second kappa shape index (κ2) is 3.89. The minimum atomic E-state index is -1.08. The average Bonchev–Trinajstić information content (AvgIpc) is 2.11. The summed E-state index contributed by atoms with van der Waals surface area (Å²) < 4.78 is 12.9. The lowest BCUT2D eigenvalue weighted by Gasteiger charge is -2.00. The Kier molecular flexibility index (Phi) is 3.03. The lowest BCUT2D eigenvalue weighted by molar-refractivity contribution is -0.384. The maximum atomic E-state index is 12.9. The zero-order valence-electron chi connectivity index (χ0n) is 6.38. The number of carbonyl (C=O) groups excluding carboxylic acids is 1. The Balaban J connectivity index is 3.61. The Morgan fingerprint density at radius 1 is 1.43 bits per heavy atom. The summed E-state index contributed by atoms with van der Waals surface area (Å²) in [4.78, 5) is 19.7. The third-order valence-electron chi connectivity index (χ3n) is 1.43. The molecule has 1 aromatic carbocycles. The van der Waals surface area contributed by atoms with E-state index >= 15 is 0 Å². The zero-order valence-corrected chi connectivity index (χ0v) is 7.90. The molecule has 0 saturated carbocycles. The summed E-state index contributed by atoms with van der Waals surface area (Å²) in [5, 5.41) is 9.16. The van der Waals surface area contributed by atoms with Crippen molar-refractivity contribution >= 4 is 35.2 Å². The topological polar surface area (TPSA) is 60.2 Å². The Labute approximate surface area is 87.4 Å². The molecule has 0 bridgehead atoms. The highest BCUT2D eigenvalue weighted by atomic mass is 35.5. The van der Waals surface area contributed by atoms with Crippen molar-refractivity contribution < 1.29 is 14.1 Å². The zero-order chi connectivity index (χ0) is 10.9. The van der Waals surface area contributed by atoms with Crippen LogP contribution in [0.25, 0.3) is 0 Å². The van der Waals surface area contributed by atoms with E-state index in [2.05, 4.69) is 0 Å². The van der Waals surface area contributed by atoms with Gasteiger partial charge in [-0.1, -0.05) is 23.2 Å². The van der Waals surface area contributed by atoms with Gasteiger partial charge >= 0.3 is 5.69 Å². The fourth-order valence-electron chi connectivity index (χ4n) is 0.825. The maximum absolute atomic E-state index is 12.9. The van der Waals surface area contributed by atoms with Crippen molar-refractivity contribution in [3.05, 3.63) is 37.6 Å². The first-order valence-electron chi connectivity index (χ1n) is 3.19. The van der Waals surface area contributed by atoms with Gasteiger partial charge in [-0.25, -0.2) is 4.39 Å². The Morgan fingerprint density at radius 2 is 2.00 bits per heavy atom. The van der Waals surface area contributed by atoms with Crippen LogP contribution in [-0.2, 0) is 4.79 Å². The first-order valence-corrected chi connectivity index (χ1v) is 3.94. The number of nitro benzene ring substituents is 1. The summed E-state index contributed by atoms with van der Waals surface area (Å²) in [7, 11) is 0. The highest BCUT2D eigenvalue weighted by Gasteiger charge is 2.24. The van der Waals surface area contributed by atoms with E-state index < -0.39 is 32.0 Å². The van der Waals surface area contributed by atoms with Crippen molar-refractivity contribution in [3.63, 3.8) is 0 Å². The standard InChI is InChI=1S/C7HCl2FNO3/c8-5-3(2-12)1-4(10)6(9)7(5)11(13)14/h1H. The molecule has 0 unspecified atom stereocenters. The molecule has 4 nitrogen and oxygen atoms in total. The van der Waals surface area contributed by atoms with Crippen LogP contribution in [0.3, 0.4) is 0 Å². The van der Waals surface area contributed by atoms with Crippen LogP contribution in [0, 0.1) is 15.9 Å². The van der Waals surface area contributed by atoms with Crippen LogP contribution in [0.2, 0.25) is 10.0 Å². The maximum Gasteiger partial charge on any atom is 0.310 e. The van der Waals surface area contributed by atoms with Gasteiger partial charge in [-0.05, 0) is 6.07 Å². The molecule has 0 amide bonds. The van der Waals surface area contributed by atoms with Gasteiger partial charge in [0, 0.05) is 0 Å². The molecule has 14 heavy (non-hydrogen) atoms. The van der Waals surface area contributed by atoms with Crippen molar-refractivity contribution in [2.24, 2.45) is 0 Å². The molecule has 0 saturated heterocycles. The van der Waals surface area contributed by atoms with Gasteiger partial charge in [0.2, 0.25) is 6.29 Å². The monoisotopic (exact) mass is 236 g/mol. The van der Waals surface area contributed by atoms with Gasteiger partial charge in [0.25, 0.3) is 0 Å². The first kappa shape index (κ1) is 10.9. The smallest absolute Gasteiger partial charge is 0.285 e. The van der Waals surface area contributed by atoms with Gasteiger partial charge in [-0.15, -0.1) is 0 Å². The lowest BCUT2D eigenvalue weighted by Crippen LogP contribution is -1.96. The third kappa shape index (κ3) is 1.69. The number of nitro groups is 1. The van der Waals surface area contributed by atoms with E-state index in [4.69, 9.17) is 23.2 Å². The van der Waals surface area contributed by atoms with Crippen LogP contribution in [0.5, 0.6) is 0 Å². The molecule has 0 aliphatic heterocycles. The number of rotatable bonds is 2. The molecule has 73 valence electrons. The fraction of sp³-hybridized carbons (Fsp3) is 0. The second-order valence-corrected chi connectivity index (χ2v) is 3.00. The van der Waals surface area contributed by atoms with E-state index in [0.717, 1.165) is 0 Å². The summed E-state index contributed by atoms with van der Waals surface area (Å²) in [5.41, 5.74) is -1.26. The Hall–Kier alpha value is -1.20. The molecular formula is C7HCl2FNO3. The molecule has 0 heterocycles. The van der Waals surface area contributed by atoms with Crippen LogP contribution in [0.1, 0.15) is 5.56 Å². The molecule has 0 aromatic heterocycles. The average molecular weight is 237 g/mol. The quantitative estimate of drug-likeness (QED) is 0.451. The fourth-order valence-corrected chi connectivity index (χ4v) is 1.35. The van der Waals surface area contributed by atoms with Crippen LogP contribution < -0.4 is 0 Å². The van der Waals surface area contributed by atoms with Crippen LogP contribution in [0.4, 0.5) is 10.1 Å². The lowest BCUT2D eigenvalue weighted by atomic mass is 10.2. The predicted molar refractivity (Wildman–Crippen MR) is 47.9 cm³/mol. The Morgan fingerprint density at radius 3 is 2.43 bits per heavy atom. The van der Waals surface area contributed by atoms with Gasteiger partial charge in [0.15, 0.2) is 5.02 Å². The summed E-state index contributed by atoms with van der Waals surface area (Å²) in [6.07, 6.45) is 1.27. The number of benzene rings is 1. The molecule has 1 rings (SSSR count). The molecule has 0 spiro atoms. The van der Waals surface area contributed by atoms with E-state index in [-0.39, 0.29) is 0 Å². The molecule has 0 aliphatic carbocycles. The molecule has 0 aliphatic rings. The first-order chi connectivity index (χ1) is 6.49. The van der Waals surface area contributed by atoms with Crippen LogP contribution >= 0.6 is 23.2 Å². The summed E-state index contributed by atoms with van der Waals surface area (Å²) in [6.45, 7) is 0. The highest BCUT2D eigenvalue weighted by molar-refractivity contribution is 6.39. The van der Waals surface area contributed by atoms with E-state index in [1.165, 1.54) is 6.29 Å². The van der Waals surface area contributed by atoms with E-state index in [1.54, 1.807) is 0 Å². The summed E-state index contributed by atoms with van der Waals surface area (Å²) in [5.74, 6) is -1.08. The number of hydrogen-bond donors (Lipinski definition) is 0. The SMILES string of the molecule is O=[C]c1cc(F)c(Cl)c([N+](=O)[O-])c1Cl. The molecular weight excluding hydrogens is 236 g/mol. The van der Waals surface area contributed by atoms with Crippen molar-refractivity contribution in [1.82, 2.24) is 0 Å². The molecule has 1 aromatic rings. The molecule has 7 heteroatoms.